The van der Waals surface area contributed by atoms with Gasteiger partial charge in [-0.1, -0.05) is 11.3 Å². The zero-order valence-electron chi connectivity index (χ0n) is 23.1. The van der Waals surface area contributed by atoms with Crippen molar-refractivity contribution in [2.24, 2.45) is 5.41 Å². The van der Waals surface area contributed by atoms with Crippen LogP contribution in [0.15, 0.2) is 36.7 Å². The van der Waals surface area contributed by atoms with Crippen LogP contribution in [0, 0.1) is 40.9 Å². The third kappa shape index (κ3) is 4.92. The maximum atomic E-state index is 13.9. The number of nitrogens with one attached hydrogen (secondary N) is 2. The standard InChI is InChI=1S/C29H23F6N9/c1-15-19(2-3-22(30)40-15)25(21-13-44(43-42-21)28(6-7-28)29(33,34)35)41-18-8-16(10-36)23-20(9-18)24(17(11-37)12-38-23)39-14-27(4-5-27)26(31)32/h2-3,8-9,12-13,25-26,41H,4-7,14H2,1H3,(H,38,39). The van der Waals surface area contributed by atoms with E-state index in [4.69, 9.17) is 0 Å². The highest BCUT2D eigenvalue weighted by atomic mass is 19.4. The summed E-state index contributed by atoms with van der Waals surface area (Å²) in [6.07, 6.45) is -4.34. The van der Waals surface area contributed by atoms with Gasteiger partial charge in [-0.25, -0.2) is 18.4 Å². The van der Waals surface area contributed by atoms with Crippen LogP contribution in [0.2, 0.25) is 0 Å². The lowest BCUT2D eigenvalue weighted by Gasteiger charge is -2.22. The largest absolute Gasteiger partial charge is 0.413 e. The molecule has 2 saturated carbocycles. The minimum absolute atomic E-state index is 0.0727. The zero-order valence-corrected chi connectivity index (χ0v) is 23.1. The monoisotopic (exact) mass is 611 g/mol. The molecule has 1 aromatic carbocycles. The molecule has 4 aromatic rings. The first-order chi connectivity index (χ1) is 20.9. The molecule has 0 spiro atoms. The summed E-state index contributed by atoms with van der Waals surface area (Å²) in [6, 6.07) is 8.57. The fourth-order valence-electron chi connectivity index (χ4n) is 5.35. The van der Waals surface area contributed by atoms with E-state index in [2.05, 4.69) is 30.9 Å². The Morgan fingerprint density at radius 3 is 2.39 bits per heavy atom. The highest BCUT2D eigenvalue weighted by Gasteiger charge is 2.66. The molecule has 6 rings (SSSR count). The van der Waals surface area contributed by atoms with Gasteiger partial charge in [0, 0.05) is 40.5 Å². The van der Waals surface area contributed by atoms with E-state index in [0.29, 0.717) is 23.8 Å². The highest BCUT2D eigenvalue weighted by molar-refractivity contribution is 5.99. The van der Waals surface area contributed by atoms with Crippen LogP contribution in [-0.4, -0.2) is 44.1 Å². The maximum absolute atomic E-state index is 13.9. The number of halogens is 6. The fraction of sp³-hybridized carbons (Fsp3) is 0.379. The van der Waals surface area contributed by atoms with Crippen LogP contribution in [0.1, 0.15) is 59.8 Å². The number of benzene rings is 1. The van der Waals surface area contributed by atoms with Gasteiger partial charge < -0.3 is 10.6 Å². The Hall–Kier alpha value is -4.92. The Morgan fingerprint density at radius 1 is 1.07 bits per heavy atom. The van der Waals surface area contributed by atoms with Crippen molar-refractivity contribution in [3.05, 3.63) is 70.7 Å². The number of anilines is 2. The zero-order chi connectivity index (χ0) is 31.4. The van der Waals surface area contributed by atoms with Crippen LogP contribution in [0.4, 0.5) is 37.7 Å². The highest BCUT2D eigenvalue weighted by Crippen LogP contribution is 2.55. The molecule has 15 heteroatoms. The molecule has 0 amide bonds. The SMILES string of the molecule is Cc1nc(F)ccc1C(Nc1cc(C#N)c2ncc(C#N)c(NCC3(C(F)F)CC3)c2c1)c1cn(C2(C(F)(F)F)CC2)nn1. The van der Waals surface area contributed by atoms with Crippen LogP contribution in [-0.2, 0) is 5.54 Å². The van der Waals surface area contributed by atoms with Gasteiger partial charge in [0.1, 0.15) is 17.8 Å². The van der Waals surface area contributed by atoms with Gasteiger partial charge in [-0.2, -0.15) is 28.1 Å². The third-order valence-corrected chi connectivity index (χ3v) is 8.40. The number of pyridine rings is 2. The van der Waals surface area contributed by atoms with Crippen LogP contribution in [0.25, 0.3) is 10.9 Å². The Balaban J connectivity index is 1.45. The van der Waals surface area contributed by atoms with Gasteiger partial charge >= 0.3 is 6.18 Å². The lowest BCUT2D eigenvalue weighted by molar-refractivity contribution is -0.182. The molecule has 226 valence electrons. The second-order valence-electron chi connectivity index (χ2n) is 11.2. The summed E-state index contributed by atoms with van der Waals surface area (Å²) in [7, 11) is 0. The molecule has 2 fully saturated rings. The van der Waals surface area contributed by atoms with E-state index in [0.717, 1.165) is 10.7 Å². The van der Waals surface area contributed by atoms with Crippen molar-refractivity contribution in [3.63, 3.8) is 0 Å². The predicted molar refractivity (Wildman–Crippen MR) is 145 cm³/mol. The molecule has 9 nitrogen and oxygen atoms in total. The maximum Gasteiger partial charge on any atom is 0.413 e. The first-order valence-corrected chi connectivity index (χ1v) is 13.6. The quantitative estimate of drug-likeness (QED) is 0.171. The van der Waals surface area contributed by atoms with Crippen molar-refractivity contribution in [2.45, 2.75) is 56.8 Å². The van der Waals surface area contributed by atoms with Crippen LogP contribution >= 0.6 is 0 Å². The molecule has 3 aromatic heterocycles. The topological polar surface area (TPSA) is 128 Å². The van der Waals surface area contributed by atoms with E-state index in [1.165, 1.54) is 31.5 Å². The molecule has 2 aliphatic carbocycles. The number of alkyl halides is 5. The fourth-order valence-corrected chi connectivity index (χ4v) is 5.35. The van der Waals surface area contributed by atoms with E-state index in [-0.39, 0.29) is 58.8 Å². The Labute approximate surface area is 246 Å². The second kappa shape index (κ2) is 10.4. The average Bonchev–Trinajstić information content (AvgIpc) is 3.91. The molecule has 1 atom stereocenters. The summed E-state index contributed by atoms with van der Waals surface area (Å²) in [6.45, 7) is 1.42. The summed E-state index contributed by atoms with van der Waals surface area (Å²) < 4.78 is 83.5. The molecule has 3 heterocycles. The molecular formula is C29H23F6N9. The second-order valence-corrected chi connectivity index (χ2v) is 11.2. The molecule has 2 aliphatic rings. The molecule has 0 aliphatic heterocycles. The summed E-state index contributed by atoms with van der Waals surface area (Å²) >= 11 is 0. The van der Waals surface area contributed by atoms with Gasteiger partial charge in [-0.05, 0) is 50.8 Å². The van der Waals surface area contributed by atoms with Gasteiger partial charge in [0.2, 0.25) is 12.4 Å². The van der Waals surface area contributed by atoms with Crippen LogP contribution in [0.5, 0.6) is 0 Å². The average molecular weight is 612 g/mol. The summed E-state index contributed by atoms with van der Waals surface area (Å²) in [4.78, 5) is 8.10. The van der Waals surface area contributed by atoms with Gasteiger partial charge in [0.25, 0.3) is 0 Å². The molecule has 0 radical (unpaired) electrons. The first kappa shape index (κ1) is 29.2. The molecule has 1 unspecified atom stereocenters. The Bertz CT molecular complexity index is 1850. The van der Waals surface area contributed by atoms with E-state index < -0.39 is 35.5 Å². The van der Waals surface area contributed by atoms with Crippen molar-refractivity contribution in [2.75, 3.05) is 17.2 Å². The lowest BCUT2D eigenvalue weighted by Crippen LogP contribution is -2.35. The molecular weight excluding hydrogens is 588 g/mol. The van der Waals surface area contributed by atoms with E-state index in [1.54, 1.807) is 6.07 Å². The van der Waals surface area contributed by atoms with Crippen molar-refractivity contribution in [3.8, 4) is 12.1 Å². The Kier molecular flexibility index (Phi) is 6.87. The minimum atomic E-state index is -4.55. The molecule has 0 bridgehead atoms. The van der Waals surface area contributed by atoms with Crippen molar-refractivity contribution < 1.29 is 26.3 Å². The van der Waals surface area contributed by atoms with Crippen LogP contribution in [0.3, 0.4) is 0 Å². The summed E-state index contributed by atoms with van der Waals surface area (Å²) in [5, 5.41) is 34.0. The number of hydrogen-bond donors (Lipinski definition) is 2. The van der Waals surface area contributed by atoms with Gasteiger partial charge in [-0.15, -0.1) is 5.10 Å². The third-order valence-electron chi connectivity index (χ3n) is 8.40. The van der Waals surface area contributed by atoms with E-state index in [9.17, 15) is 36.9 Å². The summed E-state index contributed by atoms with van der Waals surface area (Å²) in [5.74, 6) is -0.761. The number of fused-ring (bicyclic) bond motifs is 1. The number of nitrogens with zero attached hydrogens (tertiary/aromatic N) is 7. The lowest BCUT2D eigenvalue weighted by atomic mass is 10.0. The van der Waals surface area contributed by atoms with E-state index in [1.807, 2.05) is 12.1 Å². The number of aromatic nitrogens is 5. The van der Waals surface area contributed by atoms with Crippen molar-refractivity contribution in [1.82, 2.24) is 25.0 Å². The van der Waals surface area contributed by atoms with E-state index >= 15 is 0 Å². The van der Waals surface area contributed by atoms with Crippen molar-refractivity contribution >= 4 is 22.3 Å². The predicted octanol–water partition coefficient (Wildman–Crippen LogP) is 6.12. The van der Waals surface area contributed by atoms with Crippen LogP contribution < -0.4 is 10.6 Å². The number of aryl methyl sites for hydroxylation is 1. The Morgan fingerprint density at radius 2 is 1.80 bits per heavy atom. The number of rotatable bonds is 9. The van der Waals surface area contributed by atoms with Crippen molar-refractivity contribution in [1.29, 1.82) is 10.5 Å². The van der Waals surface area contributed by atoms with Gasteiger partial charge in [0.05, 0.1) is 34.6 Å². The number of hydrogen-bond acceptors (Lipinski definition) is 8. The van der Waals surface area contributed by atoms with Gasteiger partial charge in [0.15, 0.2) is 5.54 Å². The number of nitriles is 2. The summed E-state index contributed by atoms with van der Waals surface area (Å²) in [5.41, 5.74) is -1.84. The first-order valence-electron chi connectivity index (χ1n) is 13.6. The normalized spacial score (nSPS) is 17.1. The van der Waals surface area contributed by atoms with Gasteiger partial charge in [-0.3, -0.25) is 4.98 Å². The minimum Gasteiger partial charge on any atom is -0.383 e. The molecule has 0 saturated heterocycles. The molecule has 44 heavy (non-hydrogen) atoms. The molecule has 2 N–H and O–H groups in total. The smallest absolute Gasteiger partial charge is 0.383 e.